The molecule has 0 bridgehead atoms. The van der Waals surface area contributed by atoms with Crippen molar-refractivity contribution in [2.45, 2.75) is 6.04 Å². The second kappa shape index (κ2) is 8.96. The Hall–Kier alpha value is -2.45. The molecule has 0 unspecified atom stereocenters. The van der Waals surface area contributed by atoms with Gasteiger partial charge in [-0.2, -0.15) is 0 Å². The molecule has 0 radical (unpaired) electrons. The molecule has 0 spiro atoms. The number of hydrogen-bond acceptors (Lipinski definition) is 6. The number of hydrogen-bond donors (Lipinski definition) is 1. The molecular formula is C19H23FN4O2S. The van der Waals surface area contributed by atoms with E-state index in [2.05, 4.69) is 39.4 Å². The zero-order chi connectivity index (χ0) is 19.2. The summed E-state index contributed by atoms with van der Waals surface area (Å²) in [6.45, 7) is 3.71. The molecular weight excluding hydrogens is 367 g/mol. The molecule has 4 rings (SSSR count). The molecule has 1 saturated heterocycles. The van der Waals surface area contributed by atoms with Crippen molar-refractivity contribution in [3.8, 4) is 11.6 Å². The number of likely N-dealkylation sites (N-methyl/N-ethyl adjacent to an activating group) is 1. The second-order valence-electron chi connectivity index (χ2n) is 6.38. The number of methoxy groups -OCH3 is 1. The summed E-state index contributed by atoms with van der Waals surface area (Å²) in [5, 5.41) is 2.83. The minimum absolute atomic E-state index is 0.230. The van der Waals surface area contributed by atoms with Crippen LogP contribution in [0.1, 0.15) is 0 Å². The molecule has 1 N–H and O–H groups in total. The van der Waals surface area contributed by atoms with E-state index >= 15 is 0 Å². The molecule has 2 aliphatic rings. The van der Waals surface area contributed by atoms with E-state index in [1.54, 1.807) is 19.4 Å². The van der Waals surface area contributed by atoms with Gasteiger partial charge in [-0.15, -0.1) is 0 Å². The maximum atomic E-state index is 13.1. The normalized spacial score (nSPS) is 16.2. The van der Waals surface area contributed by atoms with Crippen LogP contribution in [0.3, 0.4) is 0 Å². The first-order chi connectivity index (χ1) is 13.1. The third-order valence-corrected chi connectivity index (χ3v) is 4.60. The average Bonchev–Trinajstić information content (AvgIpc) is 2.66. The number of pyridine rings is 1. The molecule has 1 aromatic carbocycles. The van der Waals surface area contributed by atoms with E-state index in [1.807, 2.05) is 12.1 Å². The van der Waals surface area contributed by atoms with Gasteiger partial charge in [0.25, 0.3) is 0 Å². The Morgan fingerprint density at radius 3 is 2.78 bits per heavy atom. The molecule has 2 aliphatic heterocycles. The van der Waals surface area contributed by atoms with Gasteiger partial charge in [-0.1, -0.05) is 12.2 Å². The third-order valence-electron chi connectivity index (χ3n) is 4.48. The van der Waals surface area contributed by atoms with Crippen LogP contribution in [-0.2, 0) is 0 Å². The molecule has 1 aromatic heterocycles. The minimum Gasteiger partial charge on any atom is -0.489 e. The highest BCUT2D eigenvalue weighted by molar-refractivity contribution is 7.79. The first kappa shape index (κ1) is 19.3. The largest absolute Gasteiger partial charge is 0.489 e. The number of benzene rings is 1. The highest BCUT2D eigenvalue weighted by atomic mass is 32.1. The zero-order valence-corrected chi connectivity index (χ0v) is 16.2. The van der Waals surface area contributed by atoms with Crippen molar-refractivity contribution >= 4 is 29.1 Å². The van der Waals surface area contributed by atoms with Crippen LogP contribution in [-0.4, -0.2) is 61.8 Å². The minimum atomic E-state index is -0.230. The van der Waals surface area contributed by atoms with E-state index in [-0.39, 0.29) is 5.82 Å². The number of thiocarbonyl (C=S) groups is 1. The molecule has 27 heavy (non-hydrogen) atoms. The summed E-state index contributed by atoms with van der Waals surface area (Å²) >= 11 is 4.60. The lowest BCUT2D eigenvalue weighted by atomic mass is 10.1. The van der Waals surface area contributed by atoms with E-state index in [1.165, 1.54) is 17.6 Å². The van der Waals surface area contributed by atoms with Crippen molar-refractivity contribution in [2.24, 2.45) is 0 Å². The van der Waals surface area contributed by atoms with Gasteiger partial charge in [0, 0.05) is 25.2 Å². The van der Waals surface area contributed by atoms with Crippen molar-refractivity contribution in [3.63, 3.8) is 0 Å². The van der Waals surface area contributed by atoms with Gasteiger partial charge >= 0.3 is 0 Å². The number of fused-ring (bicyclic) bond motifs is 1. The Kier molecular flexibility index (Phi) is 6.41. The summed E-state index contributed by atoms with van der Waals surface area (Å²) in [5.74, 6) is 1.05. The van der Waals surface area contributed by atoms with Crippen LogP contribution in [0.25, 0.3) is 0 Å². The number of anilines is 2. The van der Waals surface area contributed by atoms with Gasteiger partial charge in [0.05, 0.1) is 42.8 Å². The van der Waals surface area contributed by atoms with Gasteiger partial charge in [0.2, 0.25) is 5.88 Å². The summed E-state index contributed by atoms with van der Waals surface area (Å²) < 4.78 is 23.4. The monoisotopic (exact) mass is 390 g/mol. The molecule has 1 fully saturated rings. The van der Waals surface area contributed by atoms with Gasteiger partial charge in [-0.25, -0.2) is 9.37 Å². The number of ether oxygens (including phenoxy) is 2. The molecule has 2 aromatic rings. The molecule has 6 nitrogen and oxygen atoms in total. The molecule has 0 atom stereocenters. The maximum absolute atomic E-state index is 13.1. The fourth-order valence-electron chi connectivity index (χ4n) is 3.11. The van der Waals surface area contributed by atoms with Crippen LogP contribution in [0.2, 0.25) is 0 Å². The van der Waals surface area contributed by atoms with Crippen molar-refractivity contribution in [3.05, 3.63) is 42.3 Å². The van der Waals surface area contributed by atoms with Crippen LogP contribution in [0, 0.1) is 5.82 Å². The number of rotatable bonds is 4. The smallest absolute Gasteiger partial charge is 0.213 e. The quantitative estimate of drug-likeness (QED) is 0.806. The fraction of sp³-hybridized carbons (Fsp3) is 0.368. The molecule has 0 saturated carbocycles. The second-order valence-corrected chi connectivity index (χ2v) is 6.62. The Morgan fingerprint density at radius 2 is 2.15 bits per heavy atom. The highest BCUT2D eigenvalue weighted by Gasteiger charge is 2.32. The summed E-state index contributed by atoms with van der Waals surface area (Å²) in [7, 11) is 3.69. The van der Waals surface area contributed by atoms with E-state index in [0.29, 0.717) is 24.3 Å². The number of likely N-dealkylation sites (tertiary alicyclic amines) is 1. The molecule has 8 heteroatoms. The van der Waals surface area contributed by atoms with E-state index in [9.17, 15) is 4.39 Å². The van der Waals surface area contributed by atoms with Crippen molar-refractivity contribution in [2.75, 3.05) is 50.6 Å². The Morgan fingerprint density at radius 1 is 1.33 bits per heavy atom. The van der Waals surface area contributed by atoms with Gasteiger partial charge in [-0.05, 0) is 25.2 Å². The Labute approximate surface area is 163 Å². The standard InChI is InChI=1S/C12H15FN2O.C7H8N2OS/c1-14-7-10(8-14)15-4-5-16-12-6-9(13)2-3-11(12)15;1-10-7-3-2-6(4-8-7)9-5-11/h2-3,6,10H,4-5,7-8H2,1H3;2-5H,1H3,(H,9,11). The van der Waals surface area contributed by atoms with Gasteiger partial charge in [0.15, 0.2) is 0 Å². The Bertz CT molecular complexity index is 769. The summed E-state index contributed by atoms with van der Waals surface area (Å²) in [4.78, 5) is 8.58. The summed E-state index contributed by atoms with van der Waals surface area (Å²) in [6.07, 6.45) is 1.65. The van der Waals surface area contributed by atoms with Crippen LogP contribution in [0.5, 0.6) is 11.6 Å². The van der Waals surface area contributed by atoms with Crippen LogP contribution >= 0.6 is 12.2 Å². The average molecular weight is 390 g/mol. The van der Waals surface area contributed by atoms with Gasteiger partial charge in [-0.3, -0.25) is 0 Å². The molecule has 3 heterocycles. The number of halogens is 1. The summed E-state index contributed by atoms with van der Waals surface area (Å²) in [6, 6.07) is 8.96. The van der Waals surface area contributed by atoms with Crippen molar-refractivity contribution in [1.29, 1.82) is 0 Å². The number of nitrogens with one attached hydrogen (secondary N) is 1. The van der Waals surface area contributed by atoms with Crippen molar-refractivity contribution in [1.82, 2.24) is 9.88 Å². The Balaban J connectivity index is 0.000000168. The van der Waals surface area contributed by atoms with Gasteiger partial charge in [0.1, 0.15) is 18.2 Å². The lowest BCUT2D eigenvalue weighted by Gasteiger charge is -2.46. The van der Waals surface area contributed by atoms with Crippen molar-refractivity contribution < 1.29 is 13.9 Å². The van der Waals surface area contributed by atoms with Crippen LogP contribution in [0.15, 0.2) is 36.5 Å². The van der Waals surface area contributed by atoms with Gasteiger partial charge < -0.3 is 24.6 Å². The topological polar surface area (TPSA) is 49.9 Å². The van der Waals surface area contributed by atoms with E-state index in [4.69, 9.17) is 9.47 Å². The predicted molar refractivity (Wildman–Crippen MR) is 109 cm³/mol. The fourth-order valence-corrected chi connectivity index (χ4v) is 3.25. The van der Waals surface area contributed by atoms with E-state index in [0.717, 1.165) is 31.0 Å². The lowest BCUT2D eigenvalue weighted by Crippen LogP contribution is -2.59. The third kappa shape index (κ3) is 4.84. The predicted octanol–water partition coefficient (Wildman–Crippen LogP) is 2.80. The highest BCUT2D eigenvalue weighted by Crippen LogP contribution is 2.34. The van der Waals surface area contributed by atoms with E-state index < -0.39 is 0 Å². The maximum Gasteiger partial charge on any atom is 0.213 e. The molecule has 0 amide bonds. The SMILES string of the molecule is CN1CC(N2CCOc3cc(F)ccc32)C1.COc1ccc(NC=S)cn1. The molecule has 144 valence electrons. The van der Waals surface area contributed by atoms with Crippen LogP contribution < -0.4 is 19.7 Å². The van der Waals surface area contributed by atoms with Crippen LogP contribution in [0.4, 0.5) is 15.8 Å². The summed E-state index contributed by atoms with van der Waals surface area (Å²) in [5.41, 5.74) is 3.33. The first-order valence-corrected chi connectivity index (χ1v) is 9.15. The number of aromatic nitrogens is 1. The lowest BCUT2D eigenvalue weighted by molar-refractivity contribution is 0.172. The molecule has 0 aliphatic carbocycles. The number of nitrogens with zero attached hydrogens (tertiary/aromatic N) is 3. The zero-order valence-electron chi connectivity index (χ0n) is 15.4. The first-order valence-electron chi connectivity index (χ1n) is 8.68.